The summed E-state index contributed by atoms with van der Waals surface area (Å²) in [7, 11) is 0. The first-order chi connectivity index (χ1) is 21.1. The summed E-state index contributed by atoms with van der Waals surface area (Å²) in [5.41, 5.74) is 1.18. The topological polar surface area (TPSA) is 122 Å². The lowest BCUT2D eigenvalue weighted by Gasteiger charge is -2.32. The van der Waals surface area contributed by atoms with Gasteiger partial charge in [0, 0.05) is 38.0 Å². The molecule has 2 fully saturated rings. The van der Waals surface area contributed by atoms with E-state index in [2.05, 4.69) is 28.0 Å². The van der Waals surface area contributed by atoms with Crippen molar-refractivity contribution in [2.24, 2.45) is 17.8 Å². The van der Waals surface area contributed by atoms with E-state index < -0.39 is 23.8 Å². The van der Waals surface area contributed by atoms with Gasteiger partial charge in [0.15, 0.2) is 5.78 Å². The Balaban J connectivity index is 1.49. The predicted octanol–water partition coefficient (Wildman–Crippen LogP) is 4.69. The number of hydrogen-bond acceptors (Lipinski definition) is 5. The molecule has 0 aliphatic heterocycles. The lowest BCUT2D eigenvalue weighted by atomic mass is 9.77. The summed E-state index contributed by atoms with van der Waals surface area (Å²) >= 11 is 0. The van der Waals surface area contributed by atoms with Gasteiger partial charge in [-0.05, 0) is 73.6 Å². The number of amides is 3. The quantitative estimate of drug-likeness (QED) is 0.287. The first-order valence-electron chi connectivity index (χ1n) is 16.3. The molecule has 2 unspecified atom stereocenters. The van der Waals surface area contributed by atoms with E-state index >= 15 is 4.39 Å². The first-order valence-corrected chi connectivity index (χ1v) is 16.3. The normalized spacial score (nSPS) is 20.6. The zero-order valence-corrected chi connectivity index (χ0v) is 26.5. The molecule has 2 aromatic rings. The number of halogens is 1. The van der Waals surface area contributed by atoms with Crippen LogP contribution in [-0.2, 0) is 27.3 Å². The minimum Gasteiger partial charge on any atom is -0.354 e. The third-order valence-corrected chi connectivity index (χ3v) is 9.59. The molecule has 0 saturated heterocycles. The second-order valence-electron chi connectivity index (χ2n) is 12.7. The van der Waals surface area contributed by atoms with Crippen molar-refractivity contribution in [2.45, 2.75) is 110 Å². The Morgan fingerprint density at radius 2 is 1.75 bits per heavy atom. The maximum absolute atomic E-state index is 15.6. The van der Waals surface area contributed by atoms with E-state index in [1.54, 1.807) is 42.9 Å². The fourth-order valence-electron chi connectivity index (χ4n) is 6.30. The van der Waals surface area contributed by atoms with Crippen LogP contribution >= 0.6 is 0 Å². The summed E-state index contributed by atoms with van der Waals surface area (Å²) in [6, 6.07) is 4.70. The molecule has 1 heterocycles. The van der Waals surface area contributed by atoms with Crippen molar-refractivity contribution in [3.05, 3.63) is 53.1 Å². The highest BCUT2D eigenvalue weighted by Crippen LogP contribution is 2.32. The molecule has 10 heteroatoms. The molecule has 3 amide bonds. The van der Waals surface area contributed by atoms with Gasteiger partial charge in [0.1, 0.15) is 17.6 Å². The molecule has 4 rings (SSSR count). The number of nitrogens with zero attached hydrogens (tertiary/aromatic N) is 2. The molecular formula is C34H48FN5O4. The second-order valence-corrected chi connectivity index (χ2v) is 12.7. The highest BCUT2D eigenvalue weighted by molar-refractivity contribution is 5.97. The average Bonchev–Trinajstić information content (AvgIpc) is 3.48. The molecule has 44 heavy (non-hydrogen) atoms. The molecule has 0 bridgehead atoms. The van der Waals surface area contributed by atoms with Crippen molar-refractivity contribution in [1.29, 1.82) is 0 Å². The van der Waals surface area contributed by atoms with E-state index in [1.165, 1.54) is 12.5 Å². The summed E-state index contributed by atoms with van der Waals surface area (Å²) in [6.45, 7) is 8.69. The summed E-state index contributed by atoms with van der Waals surface area (Å²) in [5.74, 6) is -1.17. The van der Waals surface area contributed by atoms with Gasteiger partial charge in [0.25, 0.3) is 5.91 Å². The van der Waals surface area contributed by atoms with Crippen molar-refractivity contribution < 1.29 is 23.6 Å². The van der Waals surface area contributed by atoms with Crippen molar-refractivity contribution in [3.63, 3.8) is 0 Å². The van der Waals surface area contributed by atoms with Crippen molar-refractivity contribution in [1.82, 2.24) is 25.7 Å². The van der Waals surface area contributed by atoms with Crippen LogP contribution in [-0.4, -0.2) is 51.9 Å². The third kappa shape index (κ3) is 8.33. The smallest absolute Gasteiger partial charge is 0.270 e. The number of ketones is 1. The van der Waals surface area contributed by atoms with Gasteiger partial charge in [0.05, 0.1) is 6.04 Å². The van der Waals surface area contributed by atoms with Crippen LogP contribution in [0.3, 0.4) is 0 Å². The van der Waals surface area contributed by atoms with Crippen molar-refractivity contribution in [3.8, 4) is 0 Å². The van der Waals surface area contributed by atoms with Gasteiger partial charge in [-0.2, -0.15) is 5.10 Å². The molecule has 0 spiro atoms. The summed E-state index contributed by atoms with van der Waals surface area (Å²) in [6.07, 6.45) is 8.54. The molecule has 2 saturated carbocycles. The standard InChI is InChI=1S/C34H48FN5O4/c1-5-30(42)38-31(34(44)36-20-23-8-7-9-23)22(4)25-14-15-26(27(35)18-25)19-29(41)32(24-12-10-21(3)11-13-24)39-33(43)28-16-17-37-40(28)6-2/h14-18,21-24,31-32H,5-13,19-20H2,1-4H3,(H,36,44)(H,38,42)(H,39,43)/t21?,22?,24?,31?,32-/m0/s1. The number of carbonyl (C=O) groups excluding carboxylic acids is 4. The highest BCUT2D eigenvalue weighted by Gasteiger charge is 2.34. The van der Waals surface area contributed by atoms with E-state index in [1.807, 2.05) is 6.92 Å². The molecule has 9 nitrogen and oxygen atoms in total. The number of benzene rings is 1. The lowest BCUT2D eigenvalue weighted by Crippen LogP contribution is -2.50. The Morgan fingerprint density at radius 1 is 1.02 bits per heavy atom. The van der Waals surface area contributed by atoms with Gasteiger partial charge in [-0.25, -0.2) is 4.39 Å². The van der Waals surface area contributed by atoms with Crippen LogP contribution in [0.1, 0.15) is 107 Å². The van der Waals surface area contributed by atoms with Crippen LogP contribution < -0.4 is 16.0 Å². The maximum atomic E-state index is 15.6. The van der Waals surface area contributed by atoms with Crippen molar-refractivity contribution in [2.75, 3.05) is 6.54 Å². The summed E-state index contributed by atoms with van der Waals surface area (Å²) in [5, 5.41) is 12.9. The number of carbonyl (C=O) groups is 4. The Morgan fingerprint density at radius 3 is 2.36 bits per heavy atom. The molecule has 2 aliphatic rings. The Kier molecular flexibility index (Phi) is 11.7. The number of hydrogen-bond donors (Lipinski definition) is 3. The zero-order chi connectivity index (χ0) is 31.8. The van der Waals surface area contributed by atoms with Crippen LogP contribution in [0.15, 0.2) is 30.5 Å². The molecule has 1 aromatic carbocycles. The largest absolute Gasteiger partial charge is 0.354 e. The monoisotopic (exact) mass is 609 g/mol. The van der Waals surface area contributed by atoms with E-state index in [-0.39, 0.29) is 47.8 Å². The van der Waals surface area contributed by atoms with Crippen LogP contribution in [0, 0.1) is 23.6 Å². The fourth-order valence-corrected chi connectivity index (χ4v) is 6.30. The van der Waals surface area contributed by atoms with E-state index in [0.29, 0.717) is 36.2 Å². The van der Waals surface area contributed by atoms with Crippen LogP contribution in [0.4, 0.5) is 4.39 Å². The third-order valence-electron chi connectivity index (χ3n) is 9.59. The van der Waals surface area contributed by atoms with E-state index in [9.17, 15) is 19.2 Å². The van der Waals surface area contributed by atoms with Gasteiger partial charge in [0.2, 0.25) is 11.8 Å². The number of aryl methyl sites for hydroxylation is 1. The first kappa shape index (κ1) is 33.3. The van der Waals surface area contributed by atoms with Gasteiger partial charge in [-0.1, -0.05) is 52.2 Å². The van der Waals surface area contributed by atoms with Gasteiger partial charge < -0.3 is 16.0 Å². The lowest BCUT2D eigenvalue weighted by molar-refractivity contribution is -0.129. The fraction of sp³-hybridized carbons (Fsp3) is 0.618. The molecule has 240 valence electrons. The maximum Gasteiger partial charge on any atom is 0.270 e. The minimum atomic E-state index is -0.848. The summed E-state index contributed by atoms with van der Waals surface area (Å²) < 4.78 is 17.2. The molecular weight excluding hydrogens is 561 g/mol. The molecule has 3 N–H and O–H groups in total. The highest BCUT2D eigenvalue weighted by atomic mass is 19.1. The average molecular weight is 610 g/mol. The number of Topliss-reactive ketones (excluding diaryl/α,β-unsaturated/α-hetero) is 1. The molecule has 0 radical (unpaired) electrons. The van der Waals surface area contributed by atoms with Gasteiger partial charge >= 0.3 is 0 Å². The number of rotatable bonds is 14. The van der Waals surface area contributed by atoms with Gasteiger partial charge in [-0.15, -0.1) is 0 Å². The predicted molar refractivity (Wildman–Crippen MR) is 166 cm³/mol. The van der Waals surface area contributed by atoms with Gasteiger partial charge in [-0.3, -0.25) is 23.9 Å². The number of aromatic nitrogens is 2. The second kappa shape index (κ2) is 15.4. The Hall–Kier alpha value is -3.56. The number of nitrogens with one attached hydrogen (secondary N) is 3. The molecule has 1 aromatic heterocycles. The molecule has 3 atom stereocenters. The van der Waals surface area contributed by atoms with E-state index in [0.717, 1.165) is 38.5 Å². The van der Waals surface area contributed by atoms with E-state index in [4.69, 9.17) is 0 Å². The zero-order valence-electron chi connectivity index (χ0n) is 26.5. The minimum absolute atomic E-state index is 0.0237. The summed E-state index contributed by atoms with van der Waals surface area (Å²) in [4.78, 5) is 52.3. The van der Waals surface area contributed by atoms with Crippen LogP contribution in [0.5, 0.6) is 0 Å². The van der Waals surface area contributed by atoms with Crippen LogP contribution in [0.25, 0.3) is 0 Å². The molecule has 2 aliphatic carbocycles. The van der Waals surface area contributed by atoms with Crippen LogP contribution in [0.2, 0.25) is 0 Å². The van der Waals surface area contributed by atoms with Crippen molar-refractivity contribution >= 4 is 23.5 Å². The Labute approximate surface area is 260 Å². The SMILES string of the molecule is CCC(=O)NC(C(=O)NCC1CCC1)C(C)c1ccc(CC(=O)[C@@H](NC(=O)c2ccnn2CC)C2CCC(C)CC2)c(F)c1. The Bertz CT molecular complexity index is 1310.